The van der Waals surface area contributed by atoms with E-state index in [1.807, 2.05) is 19.9 Å². The van der Waals surface area contributed by atoms with Crippen LogP contribution in [0.1, 0.15) is 25.8 Å². The van der Waals surface area contributed by atoms with Gasteiger partial charge < -0.3 is 5.73 Å². The average Bonchev–Trinajstić information content (AvgIpc) is 2.68. The molecule has 0 bridgehead atoms. The van der Waals surface area contributed by atoms with E-state index >= 15 is 0 Å². The van der Waals surface area contributed by atoms with Gasteiger partial charge in [-0.15, -0.1) is 0 Å². The van der Waals surface area contributed by atoms with Crippen LogP contribution in [0.15, 0.2) is 23.1 Å². The molecule has 0 radical (unpaired) electrons. The van der Waals surface area contributed by atoms with E-state index in [9.17, 15) is 8.42 Å². The van der Waals surface area contributed by atoms with Crippen molar-refractivity contribution in [3.63, 3.8) is 0 Å². The van der Waals surface area contributed by atoms with Crippen molar-refractivity contribution in [3.05, 3.63) is 23.8 Å². The standard InChI is InChI=1S/C13H17N3O2S/c1-9-5-10(2)16(8-9)19(17,18)13-4-3-11(7-14)6-12(13)15/h3-4,6,9-10H,5,8,15H2,1-2H3. The number of hydrogen-bond donors (Lipinski definition) is 1. The van der Waals surface area contributed by atoms with Crippen molar-refractivity contribution in [2.45, 2.75) is 31.2 Å². The molecule has 1 saturated heterocycles. The molecule has 2 atom stereocenters. The third-order valence-corrected chi connectivity index (χ3v) is 5.51. The van der Waals surface area contributed by atoms with E-state index < -0.39 is 10.0 Å². The van der Waals surface area contributed by atoms with Gasteiger partial charge in [-0.1, -0.05) is 6.92 Å². The van der Waals surface area contributed by atoms with Gasteiger partial charge in [0.05, 0.1) is 17.3 Å². The van der Waals surface area contributed by atoms with Crippen molar-refractivity contribution in [3.8, 4) is 6.07 Å². The molecule has 0 saturated carbocycles. The number of anilines is 1. The van der Waals surface area contributed by atoms with Crippen LogP contribution >= 0.6 is 0 Å². The Kier molecular flexibility index (Phi) is 3.52. The number of nitrogens with two attached hydrogens (primary N) is 1. The summed E-state index contributed by atoms with van der Waals surface area (Å²) >= 11 is 0. The Labute approximate surface area is 113 Å². The van der Waals surface area contributed by atoms with E-state index in [1.165, 1.54) is 22.5 Å². The Morgan fingerprint density at radius 3 is 2.58 bits per heavy atom. The summed E-state index contributed by atoms with van der Waals surface area (Å²) in [5.74, 6) is 0.351. The van der Waals surface area contributed by atoms with Crippen LogP contribution in [0.2, 0.25) is 0 Å². The molecule has 102 valence electrons. The van der Waals surface area contributed by atoms with Gasteiger partial charge in [-0.3, -0.25) is 0 Å². The summed E-state index contributed by atoms with van der Waals surface area (Å²) in [6, 6.07) is 6.22. The fourth-order valence-electron chi connectivity index (χ4n) is 2.58. The maximum atomic E-state index is 12.6. The topological polar surface area (TPSA) is 87.2 Å². The first-order chi connectivity index (χ1) is 8.86. The summed E-state index contributed by atoms with van der Waals surface area (Å²) in [4.78, 5) is 0.0902. The lowest BCUT2D eigenvalue weighted by molar-refractivity contribution is 0.406. The quantitative estimate of drug-likeness (QED) is 0.832. The average molecular weight is 279 g/mol. The molecule has 1 aliphatic rings. The molecular formula is C13H17N3O2S. The fraction of sp³-hybridized carbons (Fsp3) is 0.462. The Bertz CT molecular complexity index is 634. The lowest BCUT2D eigenvalue weighted by atomic mass is 10.1. The van der Waals surface area contributed by atoms with Gasteiger partial charge >= 0.3 is 0 Å². The summed E-state index contributed by atoms with van der Waals surface area (Å²) in [7, 11) is -3.58. The summed E-state index contributed by atoms with van der Waals surface area (Å²) in [5, 5.41) is 8.78. The van der Waals surface area contributed by atoms with E-state index in [0.29, 0.717) is 18.0 Å². The Balaban J connectivity index is 2.43. The van der Waals surface area contributed by atoms with Crippen LogP contribution < -0.4 is 5.73 Å². The largest absolute Gasteiger partial charge is 0.398 e. The molecule has 1 fully saturated rings. The van der Waals surface area contributed by atoms with Crippen molar-refractivity contribution in [2.75, 3.05) is 12.3 Å². The number of nitrogens with zero attached hydrogens (tertiary/aromatic N) is 2. The van der Waals surface area contributed by atoms with Crippen molar-refractivity contribution in [1.29, 1.82) is 5.26 Å². The smallest absolute Gasteiger partial charge is 0.245 e. The van der Waals surface area contributed by atoms with Gasteiger partial charge in [-0.05, 0) is 37.5 Å². The zero-order chi connectivity index (χ0) is 14.2. The highest BCUT2D eigenvalue weighted by Crippen LogP contribution is 2.31. The molecule has 2 rings (SSSR count). The number of hydrogen-bond acceptors (Lipinski definition) is 4. The number of sulfonamides is 1. The second kappa shape index (κ2) is 4.83. The molecule has 0 amide bonds. The second-order valence-electron chi connectivity index (χ2n) is 5.13. The SMILES string of the molecule is CC1CC(C)N(S(=O)(=O)c2ccc(C#N)cc2N)C1. The third kappa shape index (κ3) is 2.44. The first-order valence-electron chi connectivity index (χ1n) is 6.17. The third-order valence-electron chi connectivity index (χ3n) is 3.45. The van der Waals surface area contributed by atoms with Gasteiger partial charge in [0, 0.05) is 12.6 Å². The number of nitriles is 1. The lowest BCUT2D eigenvalue weighted by Gasteiger charge is -2.21. The molecule has 1 aromatic carbocycles. The highest BCUT2D eigenvalue weighted by atomic mass is 32.2. The van der Waals surface area contributed by atoms with Gasteiger partial charge in [-0.25, -0.2) is 8.42 Å². The summed E-state index contributed by atoms with van der Waals surface area (Å²) in [6.45, 7) is 4.46. The lowest BCUT2D eigenvalue weighted by Crippen LogP contribution is -2.34. The van der Waals surface area contributed by atoms with Crippen molar-refractivity contribution in [1.82, 2.24) is 4.31 Å². The van der Waals surface area contributed by atoms with Crippen molar-refractivity contribution < 1.29 is 8.42 Å². The molecule has 1 aliphatic heterocycles. The molecule has 1 aromatic rings. The summed E-state index contributed by atoms with van der Waals surface area (Å²) in [6.07, 6.45) is 0.857. The Morgan fingerprint density at radius 2 is 2.11 bits per heavy atom. The molecule has 0 aromatic heterocycles. The number of rotatable bonds is 2. The molecule has 2 N–H and O–H groups in total. The van der Waals surface area contributed by atoms with Crippen molar-refractivity contribution >= 4 is 15.7 Å². The van der Waals surface area contributed by atoms with Gasteiger partial charge in [-0.2, -0.15) is 9.57 Å². The minimum absolute atomic E-state index is 0.0185. The molecule has 2 unspecified atom stereocenters. The van der Waals surface area contributed by atoms with Gasteiger partial charge in [0.2, 0.25) is 10.0 Å². The van der Waals surface area contributed by atoms with Crippen LogP contribution in [-0.2, 0) is 10.0 Å². The summed E-state index contributed by atoms with van der Waals surface area (Å²) < 4.78 is 26.6. The van der Waals surface area contributed by atoms with Crippen molar-refractivity contribution in [2.24, 2.45) is 5.92 Å². The first-order valence-corrected chi connectivity index (χ1v) is 7.61. The van der Waals surface area contributed by atoms with E-state index in [0.717, 1.165) is 6.42 Å². The Hall–Kier alpha value is -1.58. The zero-order valence-corrected chi connectivity index (χ0v) is 11.8. The zero-order valence-electron chi connectivity index (χ0n) is 11.0. The summed E-state index contributed by atoms with van der Waals surface area (Å²) in [5.41, 5.74) is 6.26. The minimum atomic E-state index is -3.58. The Morgan fingerprint density at radius 1 is 1.42 bits per heavy atom. The van der Waals surface area contributed by atoms with Crippen LogP contribution in [-0.4, -0.2) is 25.3 Å². The van der Waals surface area contributed by atoms with Crippen LogP contribution in [0.3, 0.4) is 0 Å². The normalized spacial score (nSPS) is 24.3. The highest BCUT2D eigenvalue weighted by molar-refractivity contribution is 7.89. The molecule has 1 heterocycles. The van der Waals surface area contributed by atoms with Gasteiger partial charge in [0.1, 0.15) is 4.90 Å². The monoisotopic (exact) mass is 279 g/mol. The van der Waals surface area contributed by atoms with Crippen LogP contribution in [0.5, 0.6) is 0 Å². The highest BCUT2D eigenvalue weighted by Gasteiger charge is 2.36. The predicted molar refractivity (Wildman–Crippen MR) is 72.7 cm³/mol. The maximum absolute atomic E-state index is 12.6. The second-order valence-corrected chi connectivity index (χ2v) is 6.99. The van der Waals surface area contributed by atoms with E-state index in [-0.39, 0.29) is 16.6 Å². The fourth-order valence-corrected chi connectivity index (χ4v) is 4.44. The molecule has 5 nitrogen and oxygen atoms in total. The predicted octanol–water partition coefficient (Wildman–Crippen LogP) is 1.56. The molecule has 0 aliphatic carbocycles. The van der Waals surface area contributed by atoms with E-state index in [1.54, 1.807) is 0 Å². The van der Waals surface area contributed by atoms with Gasteiger partial charge in [0.15, 0.2) is 0 Å². The maximum Gasteiger partial charge on any atom is 0.245 e. The minimum Gasteiger partial charge on any atom is -0.398 e. The molecular weight excluding hydrogens is 262 g/mol. The number of nitrogen functional groups attached to an aromatic ring is 1. The molecule has 0 spiro atoms. The van der Waals surface area contributed by atoms with Gasteiger partial charge in [0.25, 0.3) is 0 Å². The molecule has 6 heteroatoms. The van der Waals surface area contributed by atoms with E-state index in [4.69, 9.17) is 11.0 Å². The van der Waals surface area contributed by atoms with Crippen LogP contribution in [0.4, 0.5) is 5.69 Å². The number of benzene rings is 1. The first kappa shape index (κ1) is 13.8. The van der Waals surface area contributed by atoms with Crippen LogP contribution in [0, 0.1) is 17.2 Å². The van der Waals surface area contributed by atoms with E-state index in [2.05, 4.69) is 0 Å². The molecule has 19 heavy (non-hydrogen) atoms. The van der Waals surface area contributed by atoms with Crippen LogP contribution in [0.25, 0.3) is 0 Å².